The summed E-state index contributed by atoms with van der Waals surface area (Å²) in [5, 5.41) is 2.75. The number of methoxy groups -OCH3 is 1. The number of ether oxygens (including phenoxy) is 1. The van der Waals surface area contributed by atoms with E-state index in [1.165, 1.54) is 0 Å². The first-order valence-corrected chi connectivity index (χ1v) is 9.19. The van der Waals surface area contributed by atoms with Crippen molar-refractivity contribution in [2.24, 2.45) is 0 Å². The minimum absolute atomic E-state index is 0.176. The number of imidazole rings is 1. The number of fused-ring (bicyclic) bond motifs is 1. The summed E-state index contributed by atoms with van der Waals surface area (Å²) in [5.74, 6) is -0.418. The number of anilines is 1. The standard InChI is InChI=1S/C21H24N4O3/c1-4-24(16-9-7-8-15(2)14-16)21(27)18-17-10-5-6-12-25(17)19(23-18)20(26)22-11-13-28-3/h5-10,12,14H,4,11,13H2,1-3H3,(H,22,26). The van der Waals surface area contributed by atoms with Crippen LogP contribution in [0.4, 0.5) is 5.69 Å². The van der Waals surface area contributed by atoms with Gasteiger partial charge in [0.25, 0.3) is 11.8 Å². The SMILES string of the molecule is CCN(C(=O)c1nc(C(=O)NCCOC)n2ccccc12)c1cccc(C)c1. The molecule has 3 aromatic rings. The first-order chi connectivity index (χ1) is 13.6. The second-order valence-electron chi connectivity index (χ2n) is 6.38. The van der Waals surface area contributed by atoms with Crippen LogP contribution in [0.3, 0.4) is 0 Å². The predicted molar refractivity (Wildman–Crippen MR) is 108 cm³/mol. The van der Waals surface area contributed by atoms with E-state index in [1.807, 2.05) is 44.2 Å². The Hall–Kier alpha value is -3.19. The third-order valence-electron chi connectivity index (χ3n) is 4.42. The van der Waals surface area contributed by atoms with Gasteiger partial charge in [-0.1, -0.05) is 18.2 Å². The minimum Gasteiger partial charge on any atom is -0.383 e. The van der Waals surface area contributed by atoms with Crippen LogP contribution in [-0.2, 0) is 4.74 Å². The quantitative estimate of drug-likeness (QED) is 0.640. The lowest BCUT2D eigenvalue weighted by molar-refractivity contribution is 0.0926. The van der Waals surface area contributed by atoms with Crippen molar-refractivity contribution in [2.75, 3.05) is 31.7 Å². The molecular formula is C21H24N4O3. The number of nitrogens with zero attached hydrogens (tertiary/aromatic N) is 3. The molecule has 0 aliphatic carbocycles. The Morgan fingerprint density at radius 3 is 2.75 bits per heavy atom. The highest BCUT2D eigenvalue weighted by Gasteiger charge is 2.25. The second kappa shape index (κ2) is 8.67. The molecule has 0 unspecified atom stereocenters. The van der Waals surface area contributed by atoms with Gasteiger partial charge in [-0.15, -0.1) is 0 Å². The van der Waals surface area contributed by atoms with E-state index in [0.717, 1.165) is 11.3 Å². The zero-order valence-electron chi connectivity index (χ0n) is 16.3. The van der Waals surface area contributed by atoms with E-state index in [9.17, 15) is 9.59 Å². The van der Waals surface area contributed by atoms with Crippen molar-refractivity contribution in [3.63, 3.8) is 0 Å². The van der Waals surface area contributed by atoms with Gasteiger partial charge in [0.15, 0.2) is 5.69 Å². The van der Waals surface area contributed by atoms with E-state index < -0.39 is 0 Å². The summed E-state index contributed by atoms with van der Waals surface area (Å²) in [5.41, 5.74) is 2.71. The maximum Gasteiger partial charge on any atom is 0.287 e. The van der Waals surface area contributed by atoms with Gasteiger partial charge in [-0.2, -0.15) is 0 Å². The van der Waals surface area contributed by atoms with Crippen molar-refractivity contribution in [2.45, 2.75) is 13.8 Å². The van der Waals surface area contributed by atoms with Crippen LogP contribution in [0.5, 0.6) is 0 Å². The van der Waals surface area contributed by atoms with Gasteiger partial charge >= 0.3 is 0 Å². The minimum atomic E-state index is -0.351. The Morgan fingerprint density at radius 1 is 1.21 bits per heavy atom. The Kier molecular flexibility index (Phi) is 6.06. The molecular weight excluding hydrogens is 356 g/mol. The Morgan fingerprint density at radius 2 is 2.04 bits per heavy atom. The molecule has 0 atom stereocenters. The maximum absolute atomic E-state index is 13.3. The highest BCUT2D eigenvalue weighted by atomic mass is 16.5. The van der Waals surface area contributed by atoms with E-state index in [0.29, 0.717) is 25.2 Å². The Balaban J connectivity index is 2.00. The van der Waals surface area contributed by atoms with Crippen molar-refractivity contribution in [1.82, 2.24) is 14.7 Å². The fourth-order valence-electron chi connectivity index (χ4n) is 3.07. The molecule has 0 aliphatic heterocycles. The number of pyridine rings is 1. The molecule has 1 N–H and O–H groups in total. The number of hydrogen-bond acceptors (Lipinski definition) is 4. The molecule has 0 saturated heterocycles. The molecule has 7 nitrogen and oxygen atoms in total. The number of carbonyl (C=O) groups excluding carboxylic acids is 2. The van der Waals surface area contributed by atoms with E-state index >= 15 is 0 Å². The van der Waals surface area contributed by atoms with Gasteiger partial charge in [0.2, 0.25) is 5.82 Å². The molecule has 1 aromatic carbocycles. The molecule has 0 bridgehead atoms. The second-order valence-corrected chi connectivity index (χ2v) is 6.38. The van der Waals surface area contributed by atoms with Crippen LogP contribution in [0.25, 0.3) is 5.52 Å². The lowest BCUT2D eigenvalue weighted by atomic mass is 10.2. The van der Waals surface area contributed by atoms with Crippen molar-refractivity contribution >= 4 is 23.0 Å². The summed E-state index contributed by atoms with van der Waals surface area (Å²) in [7, 11) is 1.57. The van der Waals surface area contributed by atoms with Crippen molar-refractivity contribution in [3.8, 4) is 0 Å². The van der Waals surface area contributed by atoms with E-state index in [-0.39, 0.29) is 23.3 Å². The van der Waals surface area contributed by atoms with Crippen LogP contribution in [0, 0.1) is 6.92 Å². The van der Waals surface area contributed by atoms with E-state index in [1.54, 1.807) is 34.7 Å². The third kappa shape index (κ3) is 3.89. The first kappa shape index (κ1) is 19.6. The molecule has 28 heavy (non-hydrogen) atoms. The van der Waals surface area contributed by atoms with E-state index in [2.05, 4.69) is 10.3 Å². The molecule has 146 valence electrons. The average Bonchev–Trinajstić information content (AvgIpc) is 3.08. The monoisotopic (exact) mass is 380 g/mol. The van der Waals surface area contributed by atoms with E-state index in [4.69, 9.17) is 4.74 Å². The zero-order chi connectivity index (χ0) is 20.1. The molecule has 0 spiro atoms. The van der Waals surface area contributed by atoms with Crippen LogP contribution in [0.1, 0.15) is 33.6 Å². The smallest absolute Gasteiger partial charge is 0.287 e. The average molecular weight is 380 g/mol. The van der Waals surface area contributed by atoms with Crippen molar-refractivity contribution in [1.29, 1.82) is 0 Å². The number of benzene rings is 1. The van der Waals surface area contributed by atoms with Gasteiger partial charge in [0.05, 0.1) is 12.1 Å². The largest absolute Gasteiger partial charge is 0.383 e. The number of aryl methyl sites for hydroxylation is 1. The van der Waals surface area contributed by atoms with Gasteiger partial charge in [0, 0.05) is 32.1 Å². The van der Waals surface area contributed by atoms with Gasteiger partial charge in [0.1, 0.15) is 0 Å². The number of aromatic nitrogens is 2. The topological polar surface area (TPSA) is 75.9 Å². The zero-order valence-corrected chi connectivity index (χ0v) is 16.3. The van der Waals surface area contributed by atoms with Crippen molar-refractivity contribution in [3.05, 3.63) is 65.7 Å². The highest BCUT2D eigenvalue weighted by molar-refractivity contribution is 6.10. The van der Waals surface area contributed by atoms with Crippen LogP contribution in [-0.4, -0.2) is 48.0 Å². The summed E-state index contributed by atoms with van der Waals surface area (Å²) in [6.07, 6.45) is 1.73. The van der Waals surface area contributed by atoms with Crippen LogP contribution >= 0.6 is 0 Å². The van der Waals surface area contributed by atoms with Crippen LogP contribution in [0.2, 0.25) is 0 Å². The molecule has 2 aromatic heterocycles. The molecule has 0 radical (unpaired) electrons. The summed E-state index contributed by atoms with van der Waals surface area (Å²) < 4.78 is 6.60. The molecule has 7 heteroatoms. The molecule has 2 amide bonds. The summed E-state index contributed by atoms with van der Waals surface area (Å²) in [6.45, 7) is 5.15. The number of carbonyl (C=O) groups is 2. The van der Waals surface area contributed by atoms with Crippen LogP contribution in [0.15, 0.2) is 48.7 Å². The molecule has 0 fully saturated rings. The molecule has 0 aliphatic rings. The van der Waals surface area contributed by atoms with Gasteiger partial charge in [-0.3, -0.25) is 14.0 Å². The van der Waals surface area contributed by atoms with Gasteiger partial charge in [-0.05, 0) is 43.7 Å². The number of rotatable bonds is 7. The number of amides is 2. The van der Waals surface area contributed by atoms with Crippen molar-refractivity contribution < 1.29 is 14.3 Å². The Labute approximate surface area is 163 Å². The third-order valence-corrected chi connectivity index (χ3v) is 4.42. The lowest BCUT2D eigenvalue weighted by Crippen LogP contribution is -2.31. The van der Waals surface area contributed by atoms with Crippen LogP contribution < -0.4 is 10.2 Å². The Bertz CT molecular complexity index is 996. The van der Waals surface area contributed by atoms with Gasteiger partial charge < -0.3 is 15.0 Å². The van der Waals surface area contributed by atoms with Gasteiger partial charge in [-0.25, -0.2) is 4.98 Å². The normalized spacial score (nSPS) is 10.8. The summed E-state index contributed by atoms with van der Waals surface area (Å²) in [6, 6.07) is 13.2. The lowest BCUT2D eigenvalue weighted by Gasteiger charge is -2.20. The summed E-state index contributed by atoms with van der Waals surface area (Å²) >= 11 is 0. The first-order valence-electron chi connectivity index (χ1n) is 9.19. The molecule has 0 saturated carbocycles. The summed E-state index contributed by atoms with van der Waals surface area (Å²) in [4.78, 5) is 31.9. The predicted octanol–water partition coefficient (Wildman–Crippen LogP) is 2.69. The fourth-order valence-corrected chi connectivity index (χ4v) is 3.07. The number of hydrogen-bond donors (Lipinski definition) is 1. The maximum atomic E-state index is 13.3. The fraction of sp³-hybridized carbons (Fsp3) is 0.286. The number of nitrogens with one attached hydrogen (secondary N) is 1. The molecule has 2 heterocycles. The highest BCUT2D eigenvalue weighted by Crippen LogP contribution is 2.21. The molecule has 3 rings (SSSR count).